The molecule has 2 saturated carbocycles. The van der Waals surface area contributed by atoms with Gasteiger partial charge in [0.1, 0.15) is 0 Å². The van der Waals surface area contributed by atoms with Crippen molar-refractivity contribution in [3.63, 3.8) is 0 Å². The van der Waals surface area contributed by atoms with E-state index >= 15 is 0 Å². The highest BCUT2D eigenvalue weighted by molar-refractivity contribution is 5.66. The fourth-order valence-electron chi connectivity index (χ4n) is 8.42. The van der Waals surface area contributed by atoms with Crippen molar-refractivity contribution in [3.05, 3.63) is 83.5 Å². The van der Waals surface area contributed by atoms with Gasteiger partial charge in [-0.05, 0) is 90.0 Å². The third-order valence-electron chi connectivity index (χ3n) is 10.1. The number of fused-ring (bicyclic) bond motifs is 1. The van der Waals surface area contributed by atoms with E-state index in [9.17, 15) is 0 Å². The number of hydrogen-bond donors (Lipinski definition) is 0. The fraction of sp³-hybridized carbons (Fsp3) is 0.500. The predicted octanol–water partition coefficient (Wildman–Crippen LogP) is 7.79. The summed E-state index contributed by atoms with van der Waals surface area (Å²) in [6.07, 6.45) is 22.6. The highest BCUT2D eigenvalue weighted by Crippen LogP contribution is 2.69. The van der Waals surface area contributed by atoms with Crippen molar-refractivity contribution in [1.82, 2.24) is 0 Å². The third kappa shape index (κ3) is 3.01. The molecule has 1 saturated heterocycles. The first-order chi connectivity index (χ1) is 16.5. The minimum absolute atomic E-state index is 0.0816. The standard InChI is InChI=1S/C32H38O2/c1-5-7-8-23-9-10-24(19-22(23)6-2)28-13-14-29-30(28,3)16-15-26-20-25-11-12-27(33-4)21-31(25)17-18-32(26,29)34-31/h5-10,15,19-20,27-29H,1-2,11-14,16-18,21H2,3-4H3/b8-7-/t27-,28?,29?,30?,31+,32+/m0/s1. The maximum Gasteiger partial charge on any atom is 0.0974 e. The lowest BCUT2D eigenvalue weighted by atomic mass is 9.58. The summed E-state index contributed by atoms with van der Waals surface area (Å²) in [5.74, 6) is 1.11. The number of ether oxygens (including phenoxy) is 2. The number of allylic oxidation sites excluding steroid dienone is 3. The van der Waals surface area contributed by atoms with Gasteiger partial charge < -0.3 is 9.47 Å². The van der Waals surface area contributed by atoms with E-state index in [1.54, 1.807) is 0 Å². The van der Waals surface area contributed by atoms with E-state index in [0.29, 0.717) is 17.9 Å². The Kier molecular flexibility index (Phi) is 5.21. The summed E-state index contributed by atoms with van der Waals surface area (Å²) in [5, 5.41) is 0. The molecular weight excluding hydrogens is 416 g/mol. The van der Waals surface area contributed by atoms with Crippen molar-refractivity contribution in [1.29, 1.82) is 0 Å². The molecule has 0 aromatic heterocycles. The van der Waals surface area contributed by atoms with E-state index in [-0.39, 0.29) is 16.6 Å². The van der Waals surface area contributed by atoms with Gasteiger partial charge in [0, 0.05) is 13.5 Å². The van der Waals surface area contributed by atoms with E-state index in [1.807, 2.05) is 25.3 Å². The van der Waals surface area contributed by atoms with Crippen LogP contribution in [0.4, 0.5) is 0 Å². The molecule has 6 rings (SSSR count). The lowest BCUT2D eigenvalue weighted by Gasteiger charge is -2.54. The summed E-state index contributed by atoms with van der Waals surface area (Å²) in [7, 11) is 1.87. The average molecular weight is 455 g/mol. The second-order valence-electron chi connectivity index (χ2n) is 11.5. The van der Waals surface area contributed by atoms with Crippen LogP contribution in [0.25, 0.3) is 12.2 Å². The number of hydrogen-bond acceptors (Lipinski definition) is 2. The van der Waals surface area contributed by atoms with Gasteiger partial charge >= 0.3 is 0 Å². The summed E-state index contributed by atoms with van der Waals surface area (Å²) in [4.78, 5) is 0. The summed E-state index contributed by atoms with van der Waals surface area (Å²) >= 11 is 0. The molecule has 3 fully saturated rings. The molecule has 3 unspecified atom stereocenters. The predicted molar refractivity (Wildman–Crippen MR) is 141 cm³/mol. The van der Waals surface area contributed by atoms with Crippen molar-refractivity contribution in [2.24, 2.45) is 11.3 Å². The van der Waals surface area contributed by atoms with E-state index in [4.69, 9.17) is 9.47 Å². The smallest absolute Gasteiger partial charge is 0.0974 e. The molecule has 0 radical (unpaired) electrons. The molecular formula is C32H38O2. The molecule has 0 N–H and O–H groups in total. The fourth-order valence-corrected chi connectivity index (χ4v) is 8.42. The third-order valence-corrected chi connectivity index (χ3v) is 10.1. The molecule has 178 valence electrons. The topological polar surface area (TPSA) is 18.5 Å². The van der Waals surface area contributed by atoms with Gasteiger partial charge in [-0.2, -0.15) is 0 Å². The van der Waals surface area contributed by atoms with Gasteiger partial charge in [-0.25, -0.2) is 0 Å². The van der Waals surface area contributed by atoms with Crippen LogP contribution in [0.15, 0.2) is 66.8 Å². The Morgan fingerprint density at radius 1 is 1.12 bits per heavy atom. The highest BCUT2D eigenvalue weighted by atomic mass is 16.5. The Balaban J connectivity index is 1.36. The largest absolute Gasteiger partial charge is 0.381 e. The van der Waals surface area contributed by atoms with Crippen LogP contribution in [0.3, 0.4) is 0 Å². The second kappa shape index (κ2) is 7.93. The van der Waals surface area contributed by atoms with Gasteiger partial charge in [0.25, 0.3) is 0 Å². The Bertz CT molecular complexity index is 1120. The van der Waals surface area contributed by atoms with E-state index < -0.39 is 0 Å². The van der Waals surface area contributed by atoms with Crippen molar-refractivity contribution in [2.45, 2.75) is 81.5 Å². The second-order valence-corrected chi connectivity index (χ2v) is 11.5. The lowest BCUT2D eigenvalue weighted by molar-refractivity contribution is -0.147. The van der Waals surface area contributed by atoms with Gasteiger partial charge in [0.2, 0.25) is 0 Å². The van der Waals surface area contributed by atoms with Crippen molar-refractivity contribution in [3.8, 4) is 0 Å². The molecule has 2 spiro atoms. The van der Waals surface area contributed by atoms with Crippen LogP contribution >= 0.6 is 0 Å². The summed E-state index contributed by atoms with van der Waals surface area (Å²) in [6.45, 7) is 10.4. The molecule has 6 atom stereocenters. The molecule has 2 heterocycles. The SMILES string of the molecule is C=C/C=C\c1ccc(C2CCC3C2(C)CC=C2C=C4CC[C@H](OC)C[C@]45CC[C@@]23O5)cc1C=C. The number of methoxy groups -OCH3 is 1. The molecule has 0 amide bonds. The Labute approximate surface area is 205 Å². The maximum absolute atomic E-state index is 7.33. The van der Waals surface area contributed by atoms with Gasteiger partial charge in [-0.3, -0.25) is 0 Å². The van der Waals surface area contributed by atoms with Crippen LogP contribution < -0.4 is 0 Å². The minimum atomic E-state index is -0.102. The summed E-state index contributed by atoms with van der Waals surface area (Å²) in [6, 6.07) is 6.99. The first kappa shape index (κ1) is 22.3. The zero-order chi connectivity index (χ0) is 23.6. The molecule has 2 nitrogen and oxygen atoms in total. The van der Waals surface area contributed by atoms with Gasteiger partial charge in [0.05, 0.1) is 17.3 Å². The lowest BCUT2D eigenvalue weighted by Crippen LogP contribution is -2.54. The average Bonchev–Trinajstić information content (AvgIpc) is 3.37. The Morgan fingerprint density at radius 3 is 2.79 bits per heavy atom. The van der Waals surface area contributed by atoms with Gasteiger partial charge in [0.15, 0.2) is 0 Å². The van der Waals surface area contributed by atoms with Gasteiger partial charge in [-0.15, -0.1) is 0 Å². The Morgan fingerprint density at radius 2 is 2.00 bits per heavy atom. The summed E-state index contributed by atoms with van der Waals surface area (Å²) < 4.78 is 13.1. The van der Waals surface area contributed by atoms with Crippen molar-refractivity contribution >= 4 is 12.2 Å². The zero-order valence-electron chi connectivity index (χ0n) is 20.8. The molecule has 3 aliphatic carbocycles. The molecule has 1 aromatic rings. The van der Waals surface area contributed by atoms with E-state index in [1.165, 1.54) is 40.7 Å². The molecule has 34 heavy (non-hydrogen) atoms. The molecule has 2 bridgehead atoms. The molecule has 1 aromatic carbocycles. The van der Waals surface area contributed by atoms with Crippen molar-refractivity contribution in [2.75, 3.05) is 7.11 Å². The normalized spacial score (nSPS) is 40.2. The number of rotatable bonds is 5. The minimum Gasteiger partial charge on any atom is -0.381 e. The summed E-state index contributed by atoms with van der Waals surface area (Å²) in [5.41, 5.74) is 6.94. The van der Waals surface area contributed by atoms with E-state index in [2.05, 4.69) is 56.5 Å². The molecule has 2 heteroatoms. The van der Waals surface area contributed by atoms with Crippen molar-refractivity contribution < 1.29 is 9.47 Å². The first-order valence-electron chi connectivity index (χ1n) is 13.2. The quantitative estimate of drug-likeness (QED) is 0.423. The molecule has 2 aliphatic heterocycles. The zero-order valence-corrected chi connectivity index (χ0v) is 20.8. The Hall–Kier alpha value is -2.16. The maximum atomic E-state index is 7.33. The van der Waals surface area contributed by atoms with Gasteiger partial charge in [-0.1, -0.05) is 74.7 Å². The van der Waals surface area contributed by atoms with Crippen LogP contribution in [0.2, 0.25) is 0 Å². The van der Waals surface area contributed by atoms with Crippen LogP contribution in [0.5, 0.6) is 0 Å². The van der Waals surface area contributed by atoms with Crippen LogP contribution in [0.1, 0.15) is 80.9 Å². The highest BCUT2D eigenvalue weighted by Gasteiger charge is 2.66. The van der Waals surface area contributed by atoms with E-state index in [0.717, 1.165) is 38.5 Å². The van der Waals surface area contributed by atoms with Crippen LogP contribution in [0, 0.1) is 11.3 Å². The van der Waals surface area contributed by atoms with Crippen LogP contribution in [-0.2, 0) is 9.47 Å². The monoisotopic (exact) mass is 454 g/mol. The van der Waals surface area contributed by atoms with Crippen LogP contribution in [-0.4, -0.2) is 24.4 Å². The number of benzene rings is 1. The first-order valence-corrected chi connectivity index (χ1v) is 13.2. The molecule has 5 aliphatic rings.